The molecule has 0 radical (unpaired) electrons. The molecule has 0 aliphatic rings. The molecular formula is C6H5BrN6O. The molecule has 2 aromatic heterocycles. The van der Waals surface area contributed by atoms with Gasteiger partial charge in [0.2, 0.25) is 0 Å². The van der Waals surface area contributed by atoms with Crippen LogP contribution in [0.25, 0.3) is 0 Å². The van der Waals surface area contributed by atoms with Gasteiger partial charge >= 0.3 is 6.03 Å². The van der Waals surface area contributed by atoms with Crippen LogP contribution in [0.15, 0.2) is 17.0 Å². The van der Waals surface area contributed by atoms with Crippen LogP contribution in [-0.2, 0) is 0 Å². The van der Waals surface area contributed by atoms with E-state index in [1.807, 2.05) is 0 Å². The molecule has 7 nitrogen and oxygen atoms in total. The molecule has 0 aromatic carbocycles. The van der Waals surface area contributed by atoms with Crippen LogP contribution in [0, 0.1) is 6.92 Å². The minimum absolute atomic E-state index is 0.418. The Morgan fingerprint density at radius 1 is 1.50 bits per heavy atom. The molecule has 2 heterocycles. The summed E-state index contributed by atoms with van der Waals surface area (Å²) >= 11 is 3.16. The Balaban J connectivity index is 2.42. The van der Waals surface area contributed by atoms with Gasteiger partial charge in [-0.1, -0.05) is 10.4 Å². The third-order valence-corrected chi connectivity index (χ3v) is 2.37. The van der Waals surface area contributed by atoms with E-state index in [0.29, 0.717) is 10.3 Å². The Hall–Kier alpha value is -1.57. The summed E-state index contributed by atoms with van der Waals surface area (Å²) in [4.78, 5) is 11.6. The molecule has 0 N–H and O–H groups in total. The van der Waals surface area contributed by atoms with Gasteiger partial charge in [-0.05, 0) is 22.9 Å². The minimum atomic E-state index is -0.418. The zero-order valence-electron chi connectivity index (χ0n) is 7.12. The Labute approximate surface area is 86.8 Å². The largest absolute Gasteiger partial charge is 0.372 e. The van der Waals surface area contributed by atoms with Crippen LogP contribution < -0.4 is 0 Å². The van der Waals surface area contributed by atoms with E-state index in [1.54, 1.807) is 6.92 Å². The molecule has 0 saturated heterocycles. The SMILES string of the molecule is Cc1c(Br)nnn1C(=O)n1ccnn1. The standard InChI is InChI=1S/C6H5BrN6O/c1-4-5(7)9-11-13(4)6(14)12-3-2-8-10-12/h2-3H,1H3. The first-order chi connectivity index (χ1) is 6.70. The summed E-state index contributed by atoms with van der Waals surface area (Å²) in [6.45, 7) is 1.72. The molecule has 2 aromatic rings. The second-order valence-electron chi connectivity index (χ2n) is 2.51. The van der Waals surface area contributed by atoms with Gasteiger partial charge in [0.25, 0.3) is 0 Å². The van der Waals surface area contributed by atoms with Gasteiger partial charge in [0.15, 0.2) is 4.60 Å². The molecule has 0 saturated carbocycles. The molecule has 8 heteroatoms. The fourth-order valence-corrected chi connectivity index (χ4v) is 1.14. The number of halogens is 1. The highest BCUT2D eigenvalue weighted by atomic mass is 79.9. The first-order valence-electron chi connectivity index (χ1n) is 3.69. The van der Waals surface area contributed by atoms with E-state index in [9.17, 15) is 4.79 Å². The van der Waals surface area contributed by atoms with Crippen LogP contribution in [0.3, 0.4) is 0 Å². The number of rotatable bonds is 0. The smallest absolute Gasteiger partial charge is 0.243 e. The van der Waals surface area contributed by atoms with Gasteiger partial charge in [0.05, 0.1) is 18.1 Å². The minimum Gasteiger partial charge on any atom is -0.243 e. The molecule has 0 unspecified atom stereocenters. The number of aromatic nitrogens is 6. The van der Waals surface area contributed by atoms with Gasteiger partial charge in [-0.25, -0.2) is 4.79 Å². The number of hydrogen-bond donors (Lipinski definition) is 0. The van der Waals surface area contributed by atoms with Gasteiger partial charge in [0, 0.05) is 0 Å². The van der Waals surface area contributed by atoms with Crippen molar-refractivity contribution in [1.82, 2.24) is 30.0 Å². The van der Waals surface area contributed by atoms with E-state index in [-0.39, 0.29) is 0 Å². The third kappa shape index (κ3) is 1.33. The first kappa shape index (κ1) is 9.00. The maximum absolute atomic E-state index is 11.6. The number of carbonyl (C=O) groups is 1. The molecule has 14 heavy (non-hydrogen) atoms. The predicted octanol–water partition coefficient (Wildman–Crippen LogP) is 0.457. The van der Waals surface area contributed by atoms with Crippen LogP contribution in [0.1, 0.15) is 5.69 Å². The lowest BCUT2D eigenvalue weighted by molar-refractivity contribution is 0.236. The lowest BCUT2D eigenvalue weighted by atomic mass is 10.5. The maximum atomic E-state index is 11.6. The molecule has 0 aliphatic carbocycles. The van der Waals surface area contributed by atoms with Crippen LogP contribution in [0.2, 0.25) is 0 Å². The second kappa shape index (κ2) is 3.29. The van der Waals surface area contributed by atoms with Crippen molar-refractivity contribution in [3.05, 3.63) is 22.7 Å². The van der Waals surface area contributed by atoms with Gasteiger partial charge in [-0.2, -0.15) is 9.36 Å². The molecule has 72 valence electrons. The van der Waals surface area contributed by atoms with Gasteiger partial charge in [0.1, 0.15) is 0 Å². The normalized spacial score (nSPS) is 10.4. The highest BCUT2D eigenvalue weighted by molar-refractivity contribution is 9.10. The van der Waals surface area contributed by atoms with E-state index < -0.39 is 6.03 Å². The van der Waals surface area contributed by atoms with Gasteiger partial charge < -0.3 is 0 Å². The Morgan fingerprint density at radius 2 is 2.29 bits per heavy atom. The Bertz CT molecular complexity index is 461. The summed E-state index contributed by atoms with van der Waals surface area (Å²) in [7, 11) is 0. The molecule has 0 fully saturated rings. The molecule has 2 rings (SSSR count). The number of carbonyl (C=O) groups excluding carboxylic acids is 1. The van der Waals surface area contributed by atoms with Crippen molar-refractivity contribution in [3.8, 4) is 0 Å². The van der Waals surface area contributed by atoms with E-state index in [0.717, 1.165) is 9.36 Å². The van der Waals surface area contributed by atoms with Crippen molar-refractivity contribution < 1.29 is 4.79 Å². The fourth-order valence-electron chi connectivity index (χ4n) is 0.900. The molecule has 0 aliphatic heterocycles. The highest BCUT2D eigenvalue weighted by Crippen LogP contribution is 2.10. The molecule has 0 bridgehead atoms. The average molecular weight is 257 g/mol. The molecule has 0 spiro atoms. The van der Waals surface area contributed by atoms with Crippen molar-refractivity contribution in [2.45, 2.75) is 6.92 Å². The second-order valence-corrected chi connectivity index (χ2v) is 3.26. The quantitative estimate of drug-likeness (QED) is 0.684. The topological polar surface area (TPSA) is 78.5 Å². The predicted molar refractivity (Wildman–Crippen MR) is 48.7 cm³/mol. The maximum Gasteiger partial charge on any atom is 0.372 e. The van der Waals surface area contributed by atoms with Crippen LogP contribution in [0.5, 0.6) is 0 Å². The fraction of sp³-hybridized carbons (Fsp3) is 0.167. The first-order valence-corrected chi connectivity index (χ1v) is 4.48. The molecular weight excluding hydrogens is 252 g/mol. The Kier molecular flexibility index (Phi) is 2.12. The lowest BCUT2D eigenvalue weighted by Gasteiger charge is -1.98. The van der Waals surface area contributed by atoms with Crippen molar-refractivity contribution in [1.29, 1.82) is 0 Å². The van der Waals surface area contributed by atoms with Crippen molar-refractivity contribution in [3.63, 3.8) is 0 Å². The number of hydrogen-bond acceptors (Lipinski definition) is 5. The van der Waals surface area contributed by atoms with E-state index in [4.69, 9.17) is 0 Å². The summed E-state index contributed by atoms with van der Waals surface area (Å²) in [5.41, 5.74) is 0.616. The Morgan fingerprint density at radius 3 is 2.79 bits per heavy atom. The zero-order chi connectivity index (χ0) is 10.1. The summed E-state index contributed by atoms with van der Waals surface area (Å²) in [6, 6.07) is -0.418. The molecule has 0 amide bonds. The third-order valence-electron chi connectivity index (χ3n) is 1.64. The van der Waals surface area contributed by atoms with Crippen LogP contribution >= 0.6 is 15.9 Å². The van der Waals surface area contributed by atoms with E-state index in [2.05, 4.69) is 36.6 Å². The van der Waals surface area contributed by atoms with Crippen LogP contribution in [0.4, 0.5) is 4.79 Å². The van der Waals surface area contributed by atoms with E-state index >= 15 is 0 Å². The van der Waals surface area contributed by atoms with E-state index in [1.165, 1.54) is 12.4 Å². The highest BCUT2D eigenvalue weighted by Gasteiger charge is 2.14. The van der Waals surface area contributed by atoms with Crippen molar-refractivity contribution >= 4 is 22.0 Å². The van der Waals surface area contributed by atoms with Gasteiger partial charge in [-0.3, -0.25) is 0 Å². The summed E-state index contributed by atoms with van der Waals surface area (Å²) < 4.78 is 2.75. The average Bonchev–Trinajstić information content (AvgIpc) is 2.77. The summed E-state index contributed by atoms with van der Waals surface area (Å²) in [5.74, 6) is 0. The lowest BCUT2D eigenvalue weighted by Crippen LogP contribution is -2.22. The van der Waals surface area contributed by atoms with Crippen molar-refractivity contribution in [2.75, 3.05) is 0 Å². The van der Waals surface area contributed by atoms with Gasteiger partial charge in [-0.15, -0.1) is 10.2 Å². The van der Waals surface area contributed by atoms with Crippen molar-refractivity contribution in [2.24, 2.45) is 0 Å². The molecule has 0 atom stereocenters. The summed E-state index contributed by atoms with van der Waals surface area (Å²) in [6.07, 6.45) is 2.86. The summed E-state index contributed by atoms with van der Waals surface area (Å²) in [5, 5.41) is 14.4. The van der Waals surface area contributed by atoms with Crippen LogP contribution in [-0.4, -0.2) is 36.0 Å². The zero-order valence-corrected chi connectivity index (χ0v) is 8.71. The number of nitrogens with zero attached hydrogens (tertiary/aromatic N) is 6. The monoisotopic (exact) mass is 256 g/mol.